The van der Waals surface area contributed by atoms with E-state index >= 15 is 0 Å². The maximum absolute atomic E-state index is 11.5. The molecule has 1 aromatic rings. The Hall–Kier alpha value is -0.720. The molecule has 1 aromatic heterocycles. The number of hydrogen-bond donors (Lipinski definition) is 0. The van der Waals surface area contributed by atoms with Crippen LogP contribution in [0.5, 0.6) is 0 Å². The molecule has 0 aliphatic carbocycles. The zero-order valence-electron chi connectivity index (χ0n) is 9.72. The summed E-state index contributed by atoms with van der Waals surface area (Å²) in [6.45, 7) is 4.35. The molecule has 1 fully saturated rings. The van der Waals surface area contributed by atoms with E-state index in [1.54, 1.807) is 0 Å². The average molecular weight is 276 g/mol. The third kappa shape index (κ3) is 2.94. The molecule has 0 N–H and O–H groups in total. The number of hydrogen-bond acceptors (Lipinski definition) is 6. The predicted octanol–water partition coefficient (Wildman–Crippen LogP) is 1.43. The van der Waals surface area contributed by atoms with Crippen LogP contribution in [0.3, 0.4) is 0 Å². The van der Waals surface area contributed by atoms with E-state index in [1.165, 1.54) is 18.4 Å². The molecule has 5 nitrogen and oxygen atoms in total. The van der Waals surface area contributed by atoms with E-state index in [0.29, 0.717) is 23.5 Å². The Morgan fingerprint density at radius 1 is 1.59 bits per heavy atom. The Labute approximate surface area is 109 Å². The number of carbonyl (C=O) groups is 1. The van der Waals surface area contributed by atoms with E-state index < -0.39 is 0 Å². The van der Waals surface area contributed by atoms with Gasteiger partial charge < -0.3 is 4.74 Å². The first-order valence-corrected chi connectivity index (χ1v) is 6.57. The minimum Gasteiger partial charge on any atom is -0.469 e. The molecule has 0 bridgehead atoms. The van der Waals surface area contributed by atoms with Crippen LogP contribution in [0.25, 0.3) is 0 Å². The van der Waals surface area contributed by atoms with Crippen LogP contribution < -0.4 is 0 Å². The van der Waals surface area contributed by atoms with Crippen molar-refractivity contribution >= 4 is 28.9 Å². The standard InChI is InChI=1S/C10H14ClN3O2S/c1-6-3-14(4-7(6)9(15)16-2)5-8-12-13-10(11)17-8/h6-7H,3-5H2,1-2H3. The zero-order chi connectivity index (χ0) is 12.4. The highest BCUT2D eigenvalue weighted by Crippen LogP contribution is 2.26. The second-order valence-electron chi connectivity index (χ2n) is 4.25. The van der Waals surface area contributed by atoms with Crippen LogP contribution in [0.2, 0.25) is 4.47 Å². The third-order valence-electron chi connectivity index (χ3n) is 2.99. The van der Waals surface area contributed by atoms with Gasteiger partial charge in [0, 0.05) is 13.1 Å². The van der Waals surface area contributed by atoms with Crippen molar-refractivity contribution in [2.45, 2.75) is 13.5 Å². The summed E-state index contributed by atoms with van der Waals surface area (Å²) in [4.78, 5) is 13.7. The quantitative estimate of drug-likeness (QED) is 0.781. The first-order valence-electron chi connectivity index (χ1n) is 5.38. The van der Waals surface area contributed by atoms with Crippen molar-refractivity contribution in [1.82, 2.24) is 15.1 Å². The number of ether oxygens (including phenoxy) is 1. The van der Waals surface area contributed by atoms with E-state index in [9.17, 15) is 4.79 Å². The fraction of sp³-hybridized carbons (Fsp3) is 0.700. The molecule has 0 amide bonds. The SMILES string of the molecule is COC(=O)C1CN(Cc2nnc(Cl)s2)CC1C. The van der Waals surface area contributed by atoms with Crippen molar-refractivity contribution in [2.75, 3.05) is 20.2 Å². The summed E-state index contributed by atoms with van der Waals surface area (Å²) in [6.07, 6.45) is 0. The number of esters is 1. The lowest BCUT2D eigenvalue weighted by molar-refractivity contribution is -0.146. The molecule has 94 valence electrons. The molecule has 17 heavy (non-hydrogen) atoms. The normalized spacial score (nSPS) is 25.1. The van der Waals surface area contributed by atoms with Crippen molar-refractivity contribution in [1.29, 1.82) is 0 Å². The zero-order valence-corrected chi connectivity index (χ0v) is 11.3. The van der Waals surface area contributed by atoms with Crippen LogP contribution >= 0.6 is 22.9 Å². The van der Waals surface area contributed by atoms with Crippen molar-refractivity contribution in [3.63, 3.8) is 0 Å². The highest BCUT2D eigenvalue weighted by atomic mass is 35.5. The molecule has 2 rings (SSSR count). The van der Waals surface area contributed by atoms with Gasteiger partial charge in [0.25, 0.3) is 0 Å². The molecule has 2 unspecified atom stereocenters. The summed E-state index contributed by atoms with van der Waals surface area (Å²) in [5.41, 5.74) is 0. The molecule has 1 aliphatic rings. The molecular weight excluding hydrogens is 262 g/mol. The Kier molecular flexibility index (Phi) is 3.96. The molecule has 0 saturated carbocycles. The maximum Gasteiger partial charge on any atom is 0.310 e. The van der Waals surface area contributed by atoms with Gasteiger partial charge in [-0.2, -0.15) is 0 Å². The lowest BCUT2D eigenvalue weighted by Crippen LogP contribution is -2.24. The minimum atomic E-state index is -0.129. The first-order chi connectivity index (χ1) is 8.10. The van der Waals surface area contributed by atoms with Gasteiger partial charge in [-0.05, 0) is 17.5 Å². The van der Waals surface area contributed by atoms with Gasteiger partial charge in [0.1, 0.15) is 5.01 Å². The van der Waals surface area contributed by atoms with Crippen LogP contribution in [0, 0.1) is 11.8 Å². The second kappa shape index (κ2) is 5.29. The van der Waals surface area contributed by atoms with Crippen molar-refractivity contribution in [2.24, 2.45) is 11.8 Å². The van der Waals surface area contributed by atoms with Crippen molar-refractivity contribution in [3.8, 4) is 0 Å². The number of nitrogens with zero attached hydrogens (tertiary/aromatic N) is 3. The number of halogens is 1. The lowest BCUT2D eigenvalue weighted by atomic mass is 9.99. The van der Waals surface area contributed by atoms with Gasteiger partial charge in [0.2, 0.25) is 4.47 Å². The van der Waals surface area contributed by atoms with Gasteiger partial charge in [-0.1, -0.05) is 18.3 Å². The topological polar surface area (TPSA) is 55.3 Å². The van der Waals surface area contributed by atoms with Crippen molar-refractivity contribution in [3.05, 3.63) is 9.47 Å². The number of carbonyl (C=O) groups excluding carboxylic acids is 1. The van der Waals surface area contributed by atoms with E-state index in [2.05, 4.69) is 22.0 Å². The Morgan fingerprint density at radius 2 is 2.35 bits per heavy atom. The van der Waals surface area contributed by atoms with E-state index in [0.717, 1.165) is 11.6 Å². The molecule has 0 aromatic carbocycles. The fourth-order valence-electron chi connectivity index (χ4n) is 2.14. The predicted molar refractivity (Wildman–Crippen MR) is 64.9 cm³/mol. The minimum absolute atomic E-state index is 0.0385. The molecule has 2 heterocycles. The number of methoxy groups -OCH3 is 1. The van der Waals surface area contributed by atoms with Gasteiger partial charge in [-0.15, -0.1) is 10.2 Å². The van der Waals surface area contributed by atoms with Gasteiger partial charge in [-0.3, -0.25) is 9.69 Å². The van der Waals surface area contributed by atoms with Gasteiger partial charge in [0.15, 0.2) is 0 Å². The maximum atomic E-state index is 11.5. The number of likely N-dealkylation sites (tertiary alicyclic amines) is 1. The highest BCUT2D eigenvalue weighted by Gasteiger charge is 2.35. The van der Waals surface area contributed by atoms with Crippen molar-refractivity contribution < 1.29 is 9.53 Å². The first kappa shape index (κ1) is 12.7. The largest absolute Gasteiger partial charge is 0.469 e. The van der Waals surface area contributed by atoms with Crippen LogP contribution in [-0.4, -0.2) is 41.3 Å². The van der Waals surface area contributed by atoms with Crippen LogP contribution in [0.15, 0.2) is 0 Å². The Bertz CT molecular complexity index is 412. The molecule has 2 atom stereocenters. The lowest BCUT2D eigenvalue weighted by Gasteiger charge is -2.12. The van der Waals surface area contributed by atoms with Crippen LogP contribution in [-0.2, 0) is 16.1 Å². The molecular formula is C10H14ClN3O2S. The summed E-state index contributed by atoms with van der Waals surface area (Å²) >= 11 is 7.10. The summed E-state index contributed by atoms with van der Waals surface area (Å²) in [7, 11) is 1.43. The van der Waals surface area contributed by atoms with Gasteiger partial charge in [-0.25, -0.2) is 0 Å². The summed E-state index contributed by atoms with van der Waals surface area (Å²) in [5.74, 6) is 0.143. The fourth-order valence-corrected chi connectivity index (χ4v) is 3.05. The smallest absolute Gasteiger partial charge is 0.310 e. The Balaban J connectivity index is 1.95. The monoisotopic (exact) mass is 275 g/mol. The van der Waals surface area contributed by atoms with Crippen LogP contribution in [0.4, 0.5) is 0 Å². The molecule has 7 heteroatoms. The van der Waals surface area contributed by atoms with Gasteiger partial charge in [0.05, 0.1) is 19.6 Å². The van der Waals surface area contributed by atoms with E-state index in [-0.39, 0.29) is 11.9 Å². The summed E-state index contributed by atoms with van der Waals surface area (Å²) < 4.78 is 5.25. The van der Waals surface area contributed by atoms with E-state index in [4.69, 9.17) is 16.3 Å². The Morgan fingerprint density at radius 3 is 2.94 bits per heavy atom. The summed E-state index contributed by atoms with van der Waals surface area (Å²) in [5, 5.41) is 8.62. The molecule has 0 radical (unpaired) electrons. The van der Waals surface area contributed by atoms with E-state index in [1.807, 2.05) is 0 Å². The number of aromatic nitrogens is 2. The average Bonchev–Trinajstić information content (AvgIpc) is 2.85. The molecule has 1 saturated heterocycles. The third-order valence-corrected chi connectivity index (χ3v) is 4.00. The molecule has 0 spiro atoms. The highest BCUT2D eigenvalue weighted by molar-refractivity contribution is 7.15. The van der Waals surface area contributed by atoms with Crippen LogP contribution in [0.1, 0.15) is 11.9 Å². The van der Waals surface area contributed by atoms with Gasteiger partial charge >= 0.3 is 5.97 Å². The summed E-state index contributed by atoms with van der Waals surface area (Å²) in [6, 6.07) is 0. The number of rotatable bonds is 3. The second-order valence-corrected chi connectivity index (χ2v) is 5.89. The molecule has 1 aliphatic heterocycles.